The highest BCUT2D eigenvalue weighted by atomic mass is 19.1. The highest BCUT2D eigenvalue weighted by molar-refractivity contribution is 5.65. The number of aliphatic hydroxyl groups is 1. The zero-order valence-corrected chi connectivity index (χ0v) is 23.2. The number of hydrogen-bond donors (Lipinski definition) is 2. The second-order valence-electron chi connectivity index (χ2n) is 12.6. The minimum atomic E-state index is -0.810. The van der Waals surface area contributed by atoms with Crippen LogP contribution in [0.3, 0.4) is 0 Å². The molecule has 3 N–H and O–H groups in total. The number of alkyl halides is 1. The van der Waals surface area contributed by atoms with E-state index in [1.54, 1.807) is 0 Å². The van der Waals surface area contributed by atoms with Crippen molar-refractivity contribution in [1.82, 2.24) is 9.88 Å². The van der Waals surface area contributed by atoms with Gasteiger partial charge in [-0.25, -0.2) is 9.37 Å². The number of pyridine rings is 1. The molecule has 5 unspecified atom stereocenters. The number of nitriles is 1. The monoisotopic (exact) mass is 547 g/mol. The highest BCUT2D eigenvalue weighted by Crippen LogP contribution is 2.52. The van der Waals surface area contributed by atoms with Gasteiger partial charge in [0.05, 0.1) is 36.1 Å². The molecule has 40 heavy (non-hydrogen) atoms. The van der Waals surface area contributed by atoms with E-state index in [1.165, 1.54) is 0 Å². The number of nitrogens with zero attached hydrogens (tertiary/aromatic N) is 4. The summed E-state index contributed by atoms with van der Waals surface area (Å²) in [5, 5.41) is 20.1. The van der Waals surface area contributed by atoms with Gasteiger partial charge in [0, 0.05) is 54.5 Å². The fourth-order valence-corrected chi connectivity index (χ4v) is 8.06. The molecule has 7 rings (SSSR count). The van der Waals surface area contributed by atoms with Gasteiger partial charge in [-0.1, -0.05) is 13.0 Å². The number of aliphatic hydroxyl groups excluding tert-OH is 1. The minimum Gasteiger partial charge on any atom is -0.476 e. The Hall–Kier alpha value is -2.93. The van der Waals surface area contributed by atoms with Crippen LogP contribution in [-0.2, 0) is 23.4 Å². The fourth-order valence-electron chi connectivity index (χ4n) is 8.06. The van der Waals surface area contributed by atoms with Gasteiger partial charge in [0.1, 0.15) is 24.4 Å². The average Bonchev–Trinajstić information content (AvgIpc) is 3.45. The molecule has 2 aromatic rings. The molecular weight excluding hydrogens is 509 g/mol. The van der Waals surface area contributed by atoms with Gasteiger partial charge in [0.15, 0.2) is 0 Å². The molecule has 212 valence electrons. The van der Waals surface area contributed by atoms with Gasteiger partial charge in [-0.2, -0.15) is 5.26 Å². The summed E-state index contributed by atoms with van der Waals surface area (Å²) < 4.78 is 27.6. The van der Waals surface area contributed by atoms with Crippen molar-refractivity contribution in [3.8, 4) is 11.9 Å². The number of anilines is 2. The van der Waals surface area contributed by atoms with E-state index in [1.807, 2.05) is 18.2 Å². The van der Waals surface area contributed by atoms with Crippen molar-refractivity contribution in [3.63, 3.8) is 0 Å². The molecule has 1 aromatic heterocycles. The molecule has 3 fully saturated rings. The van der Waals surface area contributed by atoms with Gasteiger partial charge in [0.2, 0.25) is 5.88 Å². The lowest BCUT2D eigenvalue weighted by Gasteiger charge is -2.47. The zero-order valence-electron chi connectivity index (χ0n) is 23.2. The van der Waals surface area contributed by atoms with Crippen molar-refractivity contribution in [2.24, 2.45) is 0 Å². The Bertz CT molecular complexity index is 1380. The molecule has 5 aliphatic rings. The largest absolute Gasteiger partial charge is 0.476 e. The fraction of sp³-hybridized carbons (Fsp3) is 0.613. The van der Waals surface area contributed by atoms with Crippen LogP contribution in [0.4, 0.5) is 15.8 Å². The van der Waals surface area contributed by atoms with Gasteiger partial charge in [-0.3, -0.25) is 4.90 Å². The molecule has 0 bridgehead atoms. The van der Waals surface area contributed by atoms with Crippen molar-refractivity contribution in [3.05, 3.63) is 46.1 Å². The first-order chi connectivity index (χ1) is 19.4. The normalized spacial score (nSPS) is 32.8. The van der Waals surface area contributed by atoms with E-state index in [0.29, 0.717) is 55.6 Å². The third-order valence-corrected chi connectivity index (χ3v) is 10.4. The first-order valence-electron chi connectivity index (χ1n) is 14.8. The minimum absolute atomic E-state index is 0.0579. The molecule has 5 heterocycles. The summed E-state index contributed by atoms with van der Waals surface area (Å²) in [6, 6.07) is 8.29. The summed E-state index contributed by atoms with van der Waals surface area (Å²) in [6.07, 6.45) is 4.87. The SMILES string of the molecule is CC1CCC2(Cc3nc(OCC45CCCN4CC(F)C5)cc(N4CCC4CO)c3CO2)c2c1ccc(N)c2C#N. The molecule has 1 spiro atoms. The summed E-state index contributed by atoms with van der Waals surface area (Å²) in [4.78, 5) is 9.53. The molecule has 1 aliphatic carbocycles. The number of nitrogen functional groups attached to an aromatic ring is 1. The van der Waals surface area contributed by atoms with E-state index in [2.05, 4.69) is 22.8 Å². The number of aromatic nitrogens is 1. The van der Waals surface area contributed by atoms with Crippen LogP contribution >= 0.6 is 0 Å². The predicted octanol–water partition coefficient (Wildman–Crippen LogP) is 3.93. The van der Waals surface area contributed by atoms with Gasteiger partial charge in [0.25, 0.3) is 0 Å². The maximum atomic E-state index is 14.4. The molecule has 4 aliphatic heterocycles. The molecule has 1 aromatic carbocycles. The van der Waals surface area contributed by atoms with Gasteiger partial charge < -0.3 is 25.2 Å². The second-order valence-corrected chi connectivity index (χ2v) is 12.6. The average molecular weight is 548 g/mol. The van der Waals surface area contributed by atoms with E-state index in [0.717, 1.165) is 73.3 Å². The summed E-state index contributed by atoms with van der Waals surface area (Å²) in [6.45, 7) is 5.31. The van der Waals surface area contributed by atoms with E-state index >= 15 is 0 Å². The van der Waals surface area contributed by atoms with Crippen LogP contribution < -0.4 is 15.4 Å². The maximum absolute atomic E-state index is 14.4. The van der Waals surface area contributed by atoms with Crippen molar-refractivity contribution < 1.29 is 19.0 Å². The van der Waals surface area contributed by atoms with Crippen molar-refractivity contribution in [1.29, 1.82) is 5.26 Å². The number of ether oxygens (including phenoxy) is 2. The Morgan fingerprint density at radius 2 is 2.17 bits per heavy atom. The maximum Gasteiger partial charge on any atom is 0.215 e. The predicted molar refractivity (Wildman–Crippen MR) is 149 cm³/mol. The Kier molecular flexibility index (Phi) is 6.22. The smallest absolute Gasteiger partial charge is 0.215 e. The molecule has 0 saturated carbocycles. The Morgan fingerprint density at radius 1 is 1.30 bits per heavy atom. The lowest BCUT2D eigenvalue weighted by molar-refractivity contribution is -0.0872. The zero-order chi connectivity index (χ0) is 27.6. The third-order valence-electron chi connectivity index (χ3n) is 10.4. The lowest BCUT2D eigenvalue weighted by Crippen LogP contribution is -2.51. The summed E-state index contributed by atoms with van der Waals surface area (Å²) >= 11 is 0. The Labute approximate surface area is 234 Å². The van der Waals surface area contributed by atoms with Crippen LogP contribution in [0.1, 0.15) is 79.3 Å². The quantitative estimate of drug-likeness (QED) is 0.543. The lowest BCUT2D eigenvalue weighted by atomic mass is 9.69. The molecule has 0 radical (unpaired) electrons. The van der Waals surface area contributed by atoms with Crippen LogP contribution in [-0.4, -0.2) is 65.6 Å². The first-order valence-corrected chi connectivity index (χ1v) is 14.8. The topological polar surface area (TPSA) is 108 Å². The van der Waals surface area contributed by atoms with Gasteiger partial charge >= 0.3 is 0 Å². The molecule has 9 heteroatoms. The summed E-state index contributed by atoms with van der Waals surface area (Å²) in [7, 11) is 0. The number of rotatable bonds is 5. The van der Waals surface area contributed by atoms with Crippen LogP contribution in [0.2, 0.25) is 0 Å². The first kappa shape index (κ1) is 26.0. The third kappa shape index (κ3) is 3.91. The molecule has 3 saturated heterocycles. The molecular formula is C31H38FN5O3. The summed E-state index contributed by atoms with van der Waals surface area (Å²) in [5.74, 6) is 0.845. The van der Waals surface area contributed by atoms with Gasteiger partial charge in [-0.05, 0) is 56.2 Å². The van der Waals surface area contributed by atoms with E-state index in [-0.39, 0.29) is 18.2 Å². The highest BCUT2D eigenvalue weighted by Gasteiger charge is 2.50. The van der Waals surface area contributed by atoms with Crippen molar-refractivity contribution >= 4 is 11.4 Å². The van der Waals surface area contributed by atoms with E-state index < -0.39 is 11.8 Å². The van der Waals surface area contributed by atoms with Crippen molar-refractivity contribution in [2.75, 3.05) is 43.5 Å². The standard InChI is InChI=1S/C31H38FN5O3/c1-19-5-8-31(29-22(19)3-4-25(34)23(29)14-33)13-26-24(17-40-31)27(37-10-6-21(37)16-38)11-28(35-26)39-18-30-7-2-9-36(30)15-20(32)12-30/h3-4,11,19-21,38H,2,5-10,12-13,15-18,34H2,1H3. The van der Waals surface area contributed by atoms with Crippen molar-refractivity contribution in [2.45, 2.75) is 87.7 Å². The summed E-state index contributed by atoms with van der Waals surface area (Å²) in [5.41, 5.74) is 11.3. The van der Waals surface area contributed by atoms with Crippen LogP contribution in [0.5, 0.6) is 5.88 Å². The van der Waals surface area contributed by atoms with Gasteiger partial charge in [-0.15, -0.1) is 0 Å². The van der Waals surface area contributed by atoms with E-state index in [4.69, 9.17) is 20.2 Å². The molecule has 8 nitrogen and oxygen atoms in total. The Morgan fingerprint density at radius 3 is 2.95 bits per heavy atom. The molecule has 5 atom stereocenters. The van der Waals surface area contributed by atoms with Crippen LogP contribution in [0.25, 0.3) is 0 Å². The number of hydrogen-bond acceptors (Lipinski definition) is 8. The Balaban J connectivity index is 1.27. The van der Waals surface area contributed by atoms with Crippen LogP contribution in [0.15, 0.2) is 18.2 Å². The number of benzene rings is 1. The van der Waals surface area contributed by atoms with E-state index in [9.17, 15) is 14.8 Å². The number of halogens is 1. The number of nitrogens with two attached hydrogens (primary N) is 1. The molecule has 0 amide bonds. The second kappa shape index (κ2) is 9.57. The number of fused-ring (bicyclic) bond motifs is 4. The van der Waals surface area contributed by atoms with Crippen LogP contribution in [0, 0.1) is 11.3 Å².